The van der Waals surface area contributed by atoms with Crippen molar-refractivity contribution in [1.82, 2.24) is 19.8 Å². The van der Waals surface area contributed by atoms with Crippen LogP contribution in [0.15, 0.2) is 42.5 Å². The Morgan fingerprint density at radius 2 is 1.71 bits per heavy atom. The van der Waals surface area contributed by atoms with E-state index in [2.05, 4.69) is 39.8 Å². The van der Waals surface area contributed by atoms with Crippen LogP contribution in [0.1, 0.15) is 19.8 Å². The van der Waals surface area contributed by atoms with Gasteiger partial charge in [-0.15, -0.1) is 0 Å². The molecule has 2 saturated heterocycles. The fraction of sp³-hybridized carbons (Fsp3) is 0.458. The molecular weight excluding hydrogens is 406 g/mol. The van der Waals surface area contributed by atoms with Crippen LogP contribution in [0.25, 0.3) is 21.6 Å². The predicted octanol–water partition coefficient (Wildman–Crippen LogP) is 3.74. The quantitative estimate of drug-likeness (QED) is 0.625. The summed E-state index contributed by atoms with van der Waals surface area (Å²) in [6, 6.07) is 14.4. The fourth-order valence-electron chi connectivity index (χ4n) is 4.57. The first kappa shape index (κ1) is 20.4. The number of piperidine rings is 1. The van der Waals surface area contributed by atoms with Gasteiger partial charge in [0.05, 0.1) is 5.69 Å². The van der Waals surface area contributed by atoms with Gasteiger partial charge < -0.3 is 14.7 Å². The van der Waals surface area contributed by atoms with Crippen molar-refractivity contribution in [1.29, 1.82) is 0 Å². The van der Waals surface area contributed by atoms with Gasteiger partial charge in [0.2, 0.25) is 5.91 Å². The molecule has 1 aromatic carbocycles. The van der Waals surface area contributed by atoms with Crippen LogP contribution < -0.4 is 4.90 Å². The summed E-state index contributed by atoms with van der Waals surface area (Å²) in [6.45, 7) is 8.79. The third-order valence-corrected chi connectivity index (χ3v) is 7.59. The molecule has 4 heterocycles. The molecular formula is C24H29N5OS. The number of benzene rings is 1. The number of nitrogens with zero attached hydrogens (tertiary/aromatic N) is 5. The second-order valence-electron chi connectivity index (χ2n) is 8.40. The van der Waals surface area contributed by atoms with Gasteiger partial charge in [0.1, 0.15) is 10.3 Å². The highest BCUT2D eigenvalue weighted by atomic mass is 32.1. The van der Waals surface area contributed by atoms with E-state index in [0.717, 1.165) is 85.4 Å². The van der Waals surface area contributed by atoms with E-state index in [9.17, 15) is 4.79 Å². The summed E-state index contributed by atoms with van der Waals surface area (Å²) in [4.78, 5) is 30.4. The average Bonchev–Trinajstić information content (AvgIpc) is 3.28. The maximum atomic E-state index is 13.0. The summed E-state index contributed by atoms with van der Waals surface area (Å²) in [6.07, 6.45) is 1.82. The monoisotopic (exact) mass is 435 g/mol. The molecule has 2 aliphatic rings. The molecule has 6 nitrogen and oxygen atoms in total. The van der Waals surface area contributed by atoms with E-state index in [1.165, 1.54) is 0 Å². The molecule has 0 spiro atoms. The number of likely N-dealkylation sites (N-methyl/N-ethyl adjacent to an activating group) is 1. The lowest BCUT2D eigenvalue weighted by molar-refractivity contribution is -0.137. The fourth-order valence-corrected chi connectivity index (χ4v) is 5.56. The lowest BCUT2D eigenvalue weighted by Crippen LogP contribution is -2.51. The molecule has 0 unspecified atom stereocenters. The van der Waals surface area contributed by atoms with Crippen molar-refractivity contribution in [2.24, 2.45) is 5.92 Å². The molecule has 7 heteroatoms. The maximum absolute atomic E-state index is 13.0. The molecule has 2 fully saturated rings. The van der Waals surface area contributed by atoms with Crippen LogP contribution in [0.2, 0.25) is 0 Å². The first-order valence-electron chi connectivity index (χ1n) is 11.3. The normalized spacial score (nSPS) is 18.6. The Bertz CT molecular complexity index is 1040. The standard InChI is InChI=1S/C24H29N5OS/c1-2-27-14-16-28(17-15-27)23(30)19-10-12-29(13-11-19)24-26-21-9-8-20(25-22(21)31-24)18-6-4-3-5-7-18/h3-9,19H,2,10-17H2,1H3. The molecule has 0 radical (unpaired) electrons. The Hall–Kier alpha value is -2.51. The number of anilines is 1. The largest absolute Gasteiger partial charge is 0.348 e. The molecule has 1 amide bonds. The highest BCUT2D eigenvalue weighted by Crippen LogP contribution is 2.32. The first-order chi connectivity index (χ1) is 15.2. The minimum Gasteiger partial charge on any atom is -0.348 e. The third kappa shape index (κ3) is 4.29. The van der Waals surface area contributed by atoms with Gasteiger partial charge in [-0.3, -0.25) is 4.79 Å². The molecule has 162 valence electrons. The predicted molar refractivity (Wildman–Crippen MR) is 126 cm³/mol. The van der Waals surface area contributed by atoms with Crippen LogP contribution in [0.4, 0.5) is 5.13 Å². The maximum Gasteiger partial charge on any atom is 0.225 e. The Balaban J connectivity index is 1.23. The van der Waals surface area contributed by atoms with Gasteiger partial charge in [0.15, 0.2) is 5.13 Å². The molecule has 0 bridgehead atoms. The highest BCUT2D eigenvalue weighted by molar-refractivity contribution is 7.21. The number of rotatable bonds is 4. The van der Waals surface area contributed by atoms with Crippen LogP contribution in [0.5, 0.6) is 0 Å². The summed E-state index contributed by atoms with van der Waals surface area (Å²) in [5.74, 6) is 0.510. The third-order valence-electron chi connectivity index (χ3n) is 6.56. The summed E-state index contributed by atoms with van der Waals surface area (Å²) in [7, 11) is 0. The second kappa shape index (κ2) is 8.93. The molecule has 2 aliphatic heterocycles. The number of carbonyl (C=O) groups is 1. The van der Waals surface area contributed by atoms with Crippen molar-refractivity contribution in [2.45, 2.75) is 19.8 Å². The van der Waals surface area contributed by atoms with Gasteiger partial charge in [-0.1, -0.05) is 48.6 Å². The minimum atomic E-state index is 0.154. The Morgan fingerprint density at radius 1 is 0.968 bits per heavy atom. The molecule has 3 aromatic rings. The molecule has 5 rings (SSSR count). The SMILES string of the molecule is CCN1CCN(C(=O)C2CCN(c3nc4ccc(-c5ccccc5)nc4s3)CC2)CC1. The van der Waals surface area contributed by atoms with Crippen LogP contribution in [-0.4, -0.2) is 71.5 Å². The van der Waals surface area contributed by atoms with Crippen LogP contribution in [0.3, 0.4) is 0 Å². The lowest BCUT2D eigenvalue weighted by atomic mass is 9.95. The lowest BCUT2D eigenvalue weighted by Gasteiger charge is -2.38. The molecule has 0 aliphatic carbocycles. The summed E-state index contributed by atoms with van der Waals surface area (Å²) >= 11 is 1.66. The van der Waals surface area contributed by atoms with Gasteiger partial charge in [0.25, 0.3) is 0 Å². The zero-order valence-electron chi connectivity index (χ0n) is 18.0. The number of carbonyl (C=O) groups excluding carboxylic acids is 1. The van der Waals surface area contributed by atoms with Crippen molar-refractivity contribution in [3.63, 3.8) is 0 Å². The second-order valence-corrected chi connectivity index (χ2v) is 9.36. The van der Waals surface area contributed by atoms with Crippen molar-refractivity contribution in [3.05, 3.63) is 42.5 Å². The highest BCUT2D eigenvalue weighted by Gasteiger charge is 2.31. The van der Waals surface area contributed by atoms with E-state index >= 15 is 0 Å². The smallest absolute Gasteiger partial charge is 0.225 e. The summed E-state index contributed by atoms with van der Waals surface area (Å²) in [5.41, 5.74) is 3.06. The molecule has 31 heavy (non-hydrogen) atoms. The van der Waals surface area contributed by atoms with Crippen molar-refractivity contribution < 1.29 is 4.79 Å². The summed E-state index contributed by atoms with van der Waals surface area (Å²) < 4.78 is 0. The van der Waals surface area contributed by atoms with Crippen molar-refractivity contribution >= 4 is 32.7 Å². The Morgan fingerprint density at radius 3 is 2.42 bits per heavy atom. The summed E-state index contributed by atoms with van der Waals surface area (Å²) in [5, 5.41) is 1.02. The molecule has 0 saturated carbocycles. The first-order valence-corrected chi connectivity index (χ1v) is 12.1. The van der Waals surface area contributed by atoms with Crippen LogP contribution >= 0.6 is 11.3 Å². The molecule has 2 aromatic heterocycles. The zero-order chi connectivity index (χ0) is 21.2. The number of piperazine rings is 1. The minimum absolute atomic E-state index is 0.154. The van der Waals surface area contributed by atoms with Gasteiger partial charge in [-0.25, -0.2) is 9.97 Å². The van der Waals surface area contributed by atoms with E-state index in [-0.39, 0.29) is 5.92 Å². The molecule has 0 N–H and O–H groups in total. The zero-order valence-corrected chi connectivity index (χ0v) is 18.9. The number of aromatic nitrogens is 2. The number of amides is 1. The van der Waals surface area contributed by atoms with Gasteiger partial charge in [0, 0.05) is 50.7 Å². The Kier molecular flexibility index (Phi) is 5.87. The van der Waals surface area contributed by atoms with E-state index in [4.69, 9.17) is 9.97 Å². The average molecular weight is 436 g/mol. The number of fused-ring (bicyclic) bond motifs is 1. The number of thiazole rings is 1. The van der Waals surface area contributed by atoms with Crippen LogP contribution in [-0.2, 0) is 4.79 Å². The number of hydrogen-bond donors (Lipinski definition) is 0. The van der Waals surface area contributed by atoms with Gasteiger partial charge >= 0.3 is 0 Å². The van der Waals surface area contributed by atoms with E-state index < -0.39 is 0 Å². The number of pyridine rings is 1. The topological polar surface area (TPSA) is 52.6 Å². The van der Waals surface area contributed by atoms with Gasteiger partial charge in [-0.2, -0.15) is 0 Å². The van der Waals surface area contributed by atoms with E-state index in [0.29, 0.717) is 5.91 Å². The van der Waals surface area contributed by atoms with E-state index in [1.807, 2.05) is 24.3 Å². The number of hydrogen-bond acceptors (Lipinski definition) is 6. The van der Waals surface area contributed by atoms with Crippen molar-refractivity contribution in [3.8, 4) is 11.3 Å². The van der Waals surface area contributed by atoms with Crippen molar-refractivity contribution in [2.75, 3.05) is 50.7 Å². The van der Waals surface area contributed by atoms with E-state index in [1.54, 1.807) is 11.3 Å². The van der Waals surface area contributed by atoms with Gasteiger partial charge in [-0.05, 0) is 31.5 Å². The van der Waals surface area contributed by atoms with Crippen LogP contribution in [0, 0.1) is 5.92 Å². The molecule has 0 atom stereocenters. The Labute approximate surface area is 187 Å².